The molecule has 4 rings (SSSR count). The Morgan fingerprint density at radius 1 is 1.21 bits per heavy atom. The topological polar surface area (TPSA) is 88.1 Å². The van der Waals surface area contributed by atoms with E-state index in [1.807, 2.05) is 0 Å². The van der Waals surface area contributed by atoms with Crippen LogP contribution in [0.3, 0.4) is 0 Å². The third kappa shape index (κ3) is 2.45. The summed E-state index contributed by atoms with van der Waals surface area (Å²) in [4.78, 5) is 8.31. The Kier molecular flexibility index (Phi) is 3.36. The summed E-state index contributed by atoms with van der Waals surface area (Å²) in [5, 5.41) is 7.80. The number of pyridine rings is 1. The number of hydrogen-bond acceptors (Lipinski definition) is 7. The molecular formula is C14H11F2N5O3. The largest absolute Gasteiger partial charge is 0.484 e. The molecule has 24 heavy (non-hydrogen) atoms. The fraction of sp³-hybridized carbons (Fsp3) is 0.286. The van der Waals surface area contributed by atoms with E-state index in [-0.39, 0.29) is 23.1 Å². The van der Waals surface area contributed by atoms with Crippen molar-refractivity contribution in [1.29, 1.82) is 0 Å². The number of aryl methyl sites for hydroxylation is 1. The molecule has 0 radical (unpaired) electrons. The van der Waals surface area contributed by atoms with Gasteiger partial charge in [-0.05, 0) is 12.1 Å². The van der Waals surface area contributed by atoms with Gasteiger partial charge in [0.15, 0.2) is 11.4 Å². The van der Waals surface area contributed by atoms with Crippen molar-refractivity contribution in [3.05, 3.63) is 24.0 Å². The molecule has 0 unspecified atom stereocenters. The normalized spacial score (nSPS) is 13.5. The van der Waals surface area contributed by atoms with E-state index in [4.69, 9.17) is 14.0 Å². The molecule has 8 nitrogen and oxygen atoms in total. The van der Waals surface area contributed by atoms with Gasteiger partial charge in [0, 0.05) is 18.8 Å². The van der Waals surface area contributed by atoms with Gasteiger partial charge in [0.1, 0.15) is 18.9 Å². The predicted molar refractivity (Wildman–Crippen MR) is 75.7 cm³/mol. The molecule has 1 aliphatic rings. The predicted octanol–water partition coefficient (Wildman–Crippen LogP) is 2.24. The van der Waals surface area contributed by atoms with Crippen LogP contribution >= 0.6 is 0 Å². The fourth-order valence-corrected chi connectivity index (χ4v) is 2.29. The highest BCUT2D eigenvalue weighted by Gasteiger charge is 2.21. The van der Waals surface area contributed by atoms with Gasteiger partial charge < -0.3 is 14.0 Å². The van der Waals surface area contributed by atoms with E-state index in [2.05, 4.69) is 20.2 Å². The molecule has 0 saturated carbocycles. The molecule has 0 aliphatic carbocycles. The third-order valence-electron chi connectivity index (χ3n) is 3.44. The van der Waals surface area contributed by atoms with Crippen LogP contribution in [0.25, 0.3) is 23.0 Å². The van der Waals surface area contributed by atoms with Crippen molar-refractivity contribution < 1.29 is 22.8 Å². The monoisotopic (exact) mass is 335 g/mol. The molecule has 0 saturated heterocycles. The third-order valence-corrected chi connectivity index (χ3v) is 3.44. The smallest absolute Gasteiger partial charge is 0.280 e. The Bertz CT molecular complexity index is 892. The summed E-state index contributed by atoms with van der Waals surface area (Å²) < 4.78 is 42.6. The van der Waals surface area contributed by atoms with Crippen LogP contribution in [-0.4, -0.2) is 38.1 Å². The van der Waals surface area contributed by atoms with Crippen molar-refractivity contribution in [2.75, 3.05) is 13.2 Å². The summed E-state index contributed by atoms with van der Waals surface area (Å²) in [7, 11) is 1.42. The number of hydrogen-bond donors (Lipinski definition) is 0. The highest BCUT2D eigenvalue weighted by molar-refractivity contribution is 5.60. The minimum absolute atomic E-state index is 0.0439. The number of ether oxygens (including phenoxy) is 2. The van der Waals surface area contributed by atoms with Crippen molar-refractivity contribution in [1.82, 2.24) is 24.9 Å². The molecule has 0 amide bonds. The van der Waals surface area contributed by atoms with Gasteiger partial charge in [0.05, 0.1) is 0 Å². The molecule has 3 aromatic rings. The molecule has 10 heteroatoms. The Balaban J connectivity index is 1.66. The summed E-state index contributed by atoms with van der Waals surface area (Å²) in [6.45, 7) is 0.873. The maximum Gasteiger partial charge on any atom is 0.280 e. The fourth-order valence-electron chi connectivity index (χ4n) is 2.29. The molecule has 124 valence electrons. The van der Waals surface area contributed by atoms with E-state index in [0.29, 0.717) is 30.4 Å². The lowest BCUT2D eigenvalue weighted by atomic mass is 10.2. The maximum absolute atomic E-state index is 12.8. The second-order valence-corrected chi connectivity index (χ2v) is 5.03. The number of fused-ring (bicyclic) bond motifs is 1. The first-order valence-electron chi connectivity index (χ1n) is 7.04. The van der Waals surface area contributed by atoms with Gasteiger partial charge >= 0.3 is 0 Å². The average Bonchev–Trinajstić information content (AvgIpc) is 3.21. The van der Waals surface area contributed by atoms with Gasteiger partial charge in [-0.3, -0.25) is 4.68 Å². The number of alkyl halides is 2. The zero-order valence-electron chi connectivity index (χ0n) is 12.4. The molecule has 0 atom stereocenters. The first-order chi connectivity index (χ1) is 11.6. The van der Waals surface area contributed by atoms with E-state index in [1.54, 1.807) is 6.07 Å². The van der Waals surface area contributed by atoms with Crippen LogP contribution < -0.4 is 9.47 Å². The summed E-state index contributed by atoms with van der Waals surface area (Å²) in [5.41, 5.74) is 0.502. The molecule has 3 aromatic heterocycles. The Labute approximate surface area is 134 Å². The van der Waals surface area contributed by atoms with Crippen LogP contribution in [-0.2, 0) is 7.05 Å². The van der Waals surface area contributed by atoms with Crippen LogP contribution in [0.4, 0.5) is 8.78 Å². The molecule has 0 N–H and O–H groups in total. The molecule has 0 aromatic carbocycles. The number of aromatic nitrogens is 5. The van der Waals surface area contributed by atoms with E-state index < -0.39 is 6.43 Å². The summed E-state index contributed by atoms with van der Waals surface area (Å²) in [6, 6.07) is 2.89. The number of nitrogens with zero attached hydrogens (tertiary/aromatic N) is 5. The van der Waals surface area contributed by atoms with Gasteiger partial charge in [-0.1, -0.05) is 5.16 Å². The lowest BCUT2D eigenvalue weighted by Gasteiger charge is -2.16. The zero-order chi connectivity index (χ0) is 16.7. The Morgan fingerprint density at radius 2 is 2.04 bits per heavy atom. The van der Waals surface area contributed by atoms with Crippen molar-refractivity contribution in [2.24, 2.45) is 7.05 Å². The molecular weight excluding hydrogens is 324 g/mol. The van der Waals surface area contributed by atoms with Gasteiger partial charge in [0.25, 0.3) is 18.2 Å². The minimum atomic E-state index is -2.64. The summed E-state index contributed by atoms with van der Waals surface area (Å²) in [6.07, 6.45) is -1.12. The van der Waals surface area contributed by atoms with E-state index in [0.717, 1.165) is 4.68 Å². The number of rotatable bonds is 3. The van der Waals surface area contributed by atoms with Crippen LogP contribution in [0.15, 0.2) is 22.9 Å². The standard InChI is InChI=1S/C14H11F2N5O3/c1-21-9(11(15)16)5-8(19-21)13-18-12(20-24-13)7-4-10-14(17-6-7)23-3-2-22-10/h4-6,11H,2-3H2,1H3. The van der Waals surface area contributed by atoms with Crippen molar-refractivity contribution in [3.63, 3.8) is 0 Å². The SMILES string of the molecule is Cn1nc(-c2nc(-c3cnc4c(c3)OCCO4)no2)cc1C(F)F. The first-order valence-corrected chi connectivity index (χ1v) is 7.04. The van der Waals surface area contributed by atoms with E-state index in [9.17, 15) is 8.78 Å². The molecule has 0 spiro atoms. The maximum atomic E-state index is 12.8. The number of halogens is 2. The minimum Gasteiger partial charge on any atom is -0.484 e. The van der Waals surface area contributed by atoms with Crippen LogP contribution in [0.1, 0.15) is 12.1 Å². The second-order valence-electron chi connectivity index (χ2n) is 5.03. The van der Waals surface area contributed by atoms with Gasteiger partial charge in [-0.2, -0.15) is 10.1 Å². The van der Waals surface area contributed by atoms with Gasteiger partial charge in [0.2, 0.25) is 5.82 Å². The quantitative estimate of drug-likeness (QED) is 0.725. The van der Waals surface area contributed by atoms with Crippen molar-refractivity contribution >= 4 is 0 Å². The molecule has 0 fully saturated rings. The van der Waals surface area contributed by atoms with Crippen molar-refractivity contribution in [3.8, 4) is 34.6 Å². The van der Waals surface area contributed by atoms with Gasteiger partial charge in [-0.25, -0.2) is 13.8 Å². The highest BCUT2D eigenvalue weighted by Crippen LogP contribution is 2.32. The summed E-state index contributed by atoms with van der Waals surface area (Å²) in [5.74, 6) is 1.18. The molecule has 1 aliphatic heterocycles. The van der Waals surface area contributed by atoms with Crippen LogP contribution in [0.5, 0.6) is 11.6 Å². The average molecular weight is 335 g/mol. The lowest BCUT2D eigenvalue weighted by molar-refractivity contribution is 0.141. The summed E-state index contributed by atoms with van der Waals surface area (Å²) >= 11 is 0. The molecule has 0 bridgehead atoms. The Hall–Kier alpha value is -3.04. The van der Waals surface area contributed by atoms with Crippen LogP contribution in [0.2, 0.25) is 0 Å². The van der Waals surface area contributed by atoms with Crippen LogP contribution in [0, 0.1) is 0 Å². The zero-order valence-corrected chi connectivity index (χ0v) is 12.4. The molecule has 4 heterocycles. The Morgan fingerprint density at radius 3 is 2.83 bits per heavy atom. The van der Waals surface area contributed by atoms with Gasteiger partial charge in [-0.15, -0.1) is 0 Å². The van der Waals surface area contributed by atoms with E-state index >= 15 is 0 Å². The first kappa shape index (κ1) is 14.5. The highest BCUT2D eigenvalue weighted by atomic mass is 19.3. The van der Waals surface area contributed by atoms with Crippen molar-refractivity contribution in [2.45, 2.75) is 6.43 Å². The lowest BCUT2D eigenvalue weighted by Crippen LogP contribution is -2.16. The second kappa shape index (κ2) is 5.55. The van der Waals surface area contributed by atoms with E-state index in [1.165, 1.54) is 19.3 Å².